The number of esters is 1. The highest BCUT2D eigenvalue weighted by atomic mass is 16.6. The molecule has 27 heavy (non-hydrogen) atoms. The third-order valence-electron chi connectivity index (χ3n) is 4.17. The second-order valence-electron chi connectivity index (χ2n) is 6.44. The standard InChI is InChI=1S/C23H28O4/c1-4-11-22(25-16-20-12-7-5-8-13-20)23(18(2)27-19(3)24)26-17-21-14-9-6-10-15-21/h4-10,12-15,18,22-23H,1,11,16-17H2,2-3H3. The normalized spacial score (nSPS) is 14.1. The van der Waals surface area contributed by atoms with Crippen LogP contribution >= 0.6 is 0 Å². The van der Waals surface area contributed by atoms with Gasteiger partial charge in [-0.3, -0.25) is 4.79 Å². The number of carbonyl (C=O) groups is 1. The molecule has 0 radical (unpaired) electrons. The second kappa shape index (κ2) is 11.3. The van der Waals surface area contributed by atoms with E-state index in [2.05, 4.69) is 6.58 Å². The third-order valence-corrected chi connectivity index (χ3v) is 4.17. The molecule has 0 spiro atoms. The van der Waals surface area contributed by atoms with Gasteiger partial charge in [0.1, 0.15) is 12.2 Å². The highest BCUT2D eigenvalue weighted by Gasteiger charge is 2.30. The van der Waals surface area contributed by atoms with Crippen molar-refractivity contribution in [2.45, 2.75) is 51.8 Å². The van der Waals surface area contributed by atoms with Gasteiger partial charge in [0.15, 0.2) is 0 Å². The Morgan fingerprint density at radius 1 is 0.963 bits per heavy atom. The van der Waals surface area contributed by atoms with Gasteiger partial charge in [-0.2, -0.15) is 0 Å². The van der Waals surface area contributed by atoms with Crippen molar-refractivity contribution in [3.05, 3.63) is 84.4 Å². The summed E-state index contributed by atoms with van der Waals surface area (Å²) in [5.41, 5.74) is 2.13. The Bertz CT molecular complexity index is 684. The minimum atomic E-state index is -0.438. The quantitative estimate of drug-likeness (QED) is 0.426. The van der Waals surface area contributed by atoms with Crippen molar-refractivity contribution in [3.8, 4) is 0 Å². The maximum atomic E-state index is 11.5. The lowest BCUT2D eigenvalue weighted by molar-refractivity contribution is -0.167. The number of ether oxygens (including phenoxy) is 3. The first-order valence-electron chi connectivity index (χ1n) is 9.19. The Balaban J connectivity index is 2.09. The molecule has 3 unspecified atom stereocenters. The highest BCUT2D eigenvalue weighted by molar-refractivity contribution is 5.66. The van der Waals surface area contributed by atoms with Gasteiger partial charge in [0.05, 0.1) is 19.3 Å². The van der Waals surface area contributed by atoms with Crippen LogP contribution in [0.1, 0.15) is 31.4 Å². The van der Waals surface area contributed by atoms with Crippen LogP contribution in [0.3, 0.4) is 0 Å². The molecule has 144 valence electrons. The van der Waals surface area contributed by atoms with Gasteiger partial charge in [-0.1, -0.05) is 66.7 Å². The number of hydrogen-bond acceptors (Lipinski definition) is 4. The Kier molecular flexibility index (Phi) is 8.75. The lowest BCUT2D eigenvalue weighted by Crippen LogP contribution is -2.41. The second-order valence-corrected chi connectivity index (χ2v) is 6.44. The van der Waals surface area contributed by atoms with Crippen molar-refractivity contribution in [1.82, 2.24) is 0 Å². The molecule has 0 aliphatic carbocycles. The molecule has 2 aromatic carbocycles. The number of benzene rings is 2. The minimum absolute atomic E-state index is 0.277. The summed E-state index contributed by atoms with van der Waals surface area (Å²) in [5, 5.41) is 0. The number of carbonyl (C=O) groups excluding carboxylic acids is 1. The SMILES string of the molecule is C=CCC(OCc1ccccc1)C(OCc1ccccc1)C(C)OC(C)=O. The van der Waals surface area contributed by atoms with Crippen LogP contribution < -0.4 is 0 Å². The van der Waals surface area contributed by atoms with E-state index in [1.165, 1.54) is 6.92 Å². The first kappa shape index (κ1) is 20.9. The first-order chi connectivity index (χ1) is 13.1. The summed E-state index contributed by atoms with van der Waals surface area (Å²) < 4.78 is 17.7. The van der Waals surface area contributed by atoms with Crippen LogP contribution in [0.2, 0.25) is 0 Å². The van der Waals surface area contributed by atoms with Crippen molar-refractivity contribution < 1.29 is 19.0 Å². The van der Waals surface area contributed by atoms with Gasteiger partial charge in [-0.05, 0) is 24.5 Å². The number of hydrogen-bond donors (Lipinski definition) is 0. The first-order valence-corrected chi connectivity index (χ1v) is 9.19. The average Bonchev–Trinajstić information content (AvgIpc) is 2.67. The molecule has 0 bridgehead atoms. The predicted molar refractivity (Wildman–Crippen MR) is 106 cm³/mol. The van der Waals surface area contributed by atoms with Gasteiger partial charge in [-0.15, -0.1) is 6.58 Å². The van der Waals surface area contributed by atoms with E-state index in [4.69, 9.17) is 14.2 Å². The largest absolute Gasteiger partial charge is 0.460 e. The van der Waals surface area contributed by atoms with Crippen LogP contribution in [0.25, 0.3) is 0 Å². The lowest BCUT2D eigenvalue weighted by Gasteiger charge is -2.31. The summed E-state index contributed by atoms with van der Waals surface area (Å²) in [5.74, 6) is -0.337. The van der Waals surface area contributed by atoms with Crippen LogP contribution in [0, 0.1) is 0 Å². The van der Waals surface area contributed by atoms with E-state index in [0.717, 1.165) is 11.1 Å². The summed E-state index contributed by atoms with van der Waals surface area (Å²) in [7, 11) is 0. The molecule has 0 aromatic heterocycles. The summed E-state index contributed by atoms with van der Waals surface area (Å²) in [6.07, 6.45) is 1.27. The van der Waals surface area contributed by atoms with Crippen molar-refractivity contribution in [2.75, 3.05) is 0 Å². The minimum Gasteiger partial charge on any atom is -0.460 e. The van der Waals surface area contributed by atoms with E-state index in [1.807, 2.05) is 67.6 Å². The Morgan fingerprint density at radius 3 is 1.96 bits per heavy atom. The zero-order chi connectivity index (χ0) is 19.5. The third kappa shape index (κ3) is 7.37. The molecule has 0 heterocycles. The fourth-order valence-electron chi connectivity index (χ4n) is 2.88. The van der Waals surface area contributed by atoms with Crippen LogP contribution in [0.5, 0.6) is 0 Å². The van der Waals surface area contributed by atoms with Crippen molar-refractivity contribution >= 4 is 5.97 Å². The zero-order valence-corrected chi connectivity index (χ0v) is 16.0. The molecule has 0 saturated carbocycles. The van der Waals surface area contributed by atoms with Gasteiger partial charge in [0.25, 0.3) is 0 Å². The van der Waals surface area contributed by atoms with Gasteiger partial charge in [-0.25, -0.2) is 0 Å². The molecule has 0 amide bonds. The Labute approximate surface area is 161 Å². The molecule has 3 atom stereocenters. The molecule has 0 fully saturated rings. The van der Waals surface area contributed by atoms with Gasteiger partial charge in [0.2, 0.25) is 0 Å². The molecule has 2 rings (SSSR count). The molecule has 0 saturated heterocycles. The number of rotatable bonds is 11. The summed E-state index contributed by atoms with van der Waals surface area (Å²) >= 11 is 0. The van der Waals surface area contributed by atoms with Crippen LogP contribution in [-0.2, 0) is 32.2 Å². The highest BCUT2D eigenvalue weighted by Crippen LogP contribution is 2.19. The topological polar surface area (TPSA) is 44.8 Å². The smallest absolute Gasteiger partial charge is 0.302 e. The fourth-order valence-corrected chi connectivity index (χ4v) is 2.88. The molecule has 2 aromatic rings. The van der Waals surface area contributed by atoms with E-state index in [1.54, 1.807) is 6.08 Å². The molecule has 0 N–H and O–H groups in total. The summed E-state index contributed by atoms with van der Waals surface area (Å²) in [6.45, 7) is 7.94. The summed E-state index contributed by atoms with van der Waals surface area (Å²) in [6, 6.07) is 19.9. The Hall–Kier alpha value is -2.43. The molecule has 4 nitrogen and oxygen atoms in total. The van der Waals surface area contributed by atoms with Gasteiger partial charge < -0.3 is 14.2 Å². The maximum Gasteiger partial charge on any atom is 0.302 e. The van der Waals surface area contributed by atoms with Crippen molar-refractivity contribution in [3.63, 3.8) is 0 Å². The van der Waals surface area contributed by atoms with Crippen LogP contribution in [-0.4, -0.2) is 24.3 Å². The van der Waals surface area contributed by atoms with Crippen LogP contribution in [0.15, 0.2) is 73.3 Å². The Morgan fingerprint density at radius 2 is 1.48 bits per heavy atom. The fraction of sp³-hybridized carbons (Fsp3) is 0.348. The molecule has 4 heteroatoms. The predicted octanol–water partition coefficient (Wildman–Crippen LogP) is 4.68. The van der Waals surface area contributed by atoms with Gasteiger partial charge >= 0.3 is 5.97 Å². The maximum absolute atomic E-state index is 11.5. The van der Waals surface area contributed by atoms with Crippen LogP contribution in [0.4, 0.5) is 0 Å². The summed E-state index contributed by atoms with van der Waals surface area (Å²) in [4.78, 5) is 11.5. The van der Waals surface area contributed by atoms with E-state index < -0.39 is 12.2 Å². The lowest BCUT2D eigenvalue weighted by atomic mass is 10.0. The average molecular weight is 368 g/mol. The molecule has 0 aliphatic rings. The molecular formula is C23H28O4. The van der Waals surface area contributed by atoms with Crippen molar-refractivity contribution in [2.24, 2.45) is 0 Å². The van der Waals surface area contributed by atoms with Crippen molar-refractivity contribution in [1.29, 1.82) is 0 Å². The van der Waals surface area contributed by atoms with Gasteiger partial charge in [0, 0.05) is 6.92 Å². The zero-order valence-electron chi connectivity index (χ0n) is 16.0. The molecule has 0 aliphatic heterocycles. The monoisotopic (exact) mass is 368 g/mol. The van der Waals surface area contributed by atoms with E-state index in [0.29, 0.717) is 19.6 Å². The van der Waals surface area contributed by atoms with E-state index in [-0.39, 0.29) is 12.1 Å². The molecular weight excluding hydrogens is 340 g/mol. The van der Waals surface area contributed by atoms with E-state index >= 15 is 0 Å². The van der Waals surface area contributed by atoms with E-state index in [9.17, 15) is 4.79 Å².